The normalized spacial score (nSPS) is 17.3. The van der Waals surface area contributed by atoms with Crippen LogP contribution in [0.25, 0.3) is 10.9 Å². The molecule has 18 heavy (non-hydrogen) atoms. The van der Waals surface area contributed by atoms with Crippen LogP contribution in [0.15, 0.2) is 29.3 Å². The molecule has 5 heteroatoms. The van der Waals surface area contributed by atoms with Gasteiger partial charge in [0.25, 0.3) is 0 Å². The zero-order chi connectivity index (χ0) is 12.5. The van der Waals surface area contributed by atoms with E-state index in [0.717, 1.165) is 42.8 Å². The monoisotopic (exact) mass is 244 g/mol. The predicted octanol–water partition coefficient (Wildman–Crippen LogP) is 0.675. The smallest absolute Gasteiger partial charge is 0.250 e. The molecule has 0 saturated carbocycles. The number of nitrogens with one attached hydrogen (secondary N) is 1. The Morgan fingerprint density at radius 1 is 1.28 bits per heavy atom. The molecular formula is C13H16N4O. The molecule has 1 saturated heterocycles. The van der Waals surface area contributed by atoms with Crippen molar-refractivity contribution < 1.29 is 0 Å². The molecule has 2 aromatic heterocycles. The third-order valence-electron chi connectivity index (χ3n) is 3.47. The van der Waals surface area contributed by atoms with Gasteiger partial charge in [0.1, 0.15) is 0 Å². The van der Waals surface area contributed by atoms with Crippen molar-refractivity contribution in [2.45, 2.75) is 0 Å². The molecule has 1 N–H and O–H groups in total. The van der Waals surface area contributed by atoms with E-state index < -0.39 is 0 Å². The Labute approximate surface area is 105 Å². The summed E-state index contributed by atoms with van der Waals surface area (Å²) in [5, 5.41) is 1.02. The van der Waals surface area contributed by atoms with Crippen LogP contribution in [-0.4, -0.2) is 48.1 Å². The van der Waals surface area contributed by atoms with Crippen molar-refractivity contribution >= 4 is 16.6 Å². The van der Waals surface area contributed by atoms with Gasteiger partial charge < -0.3 is 14.8 Å². The van der Waals surface area contributed by atoms with Gasteiger partial charge in [-0.25, -0.2) is 0 Å². The largest absolute Gasteiger partial charge is 0.368 e. The van der Waals surface area contributed by atoms with Gasteiger partial charge in [-0.15, -0.1) is 0 Å². The minimum atomic E-state index is -0.0531. The third-order valence-corrected chi connectivity index (χ3v) is 3.47. The Morgan fingerprint density at radius 3 is 2.83 bits per heavy atom. The number of fused-ring (bicyclic) bond motifs is 1. The second kappa shape index (κ2) is 4.42. The number of piperazine rings is 1. The van der Waals surface area contributed by atoms with Gasteiger partial charge in [0.15, 0.2) is 0 Å². The van der Waals surface area contributed by atoms with Crippen LogP contribution < -0.4 is 10.5 Å². The molecule has 0 aromatic carbocycles. The van der Waals surface area contributed by atoms with Crippen LogP contribution in [0.1, 0.15) is 0 Å². The van der Waals surface area contributed by atoms with E-state index in [0.29, 0.717) is 0 Å². The number of likely N-dealkylation sites (N-methyl/N-ethyl adjacent to an activating group) is 1. The molecule has 5 nitrogen and oxygen atoms in total. The minimum Gasteiger partial charge on any atom is -0.368 e. The van der Waals surface area contributed by atoms with Crippen LogP contribution in [0.3, 0.4) is 0 Å². The van der Waals surface area contributed by atoms with Gasteiger partial charge in [-0.3, -0.25) is 9.78 Å². The first-order valence-corrected chi connectivity index (χ1v) is 6.14. The van der Waals surface area contributed by atoms with Gasteiger partial charge in [-0.2, -0.15) is 0 Å². The zero-order valence-electron chi connectivity index (χ0n) is 10.4. The molecule has 0 spiro atoms. The van der Waals surface area contributed by atoms with Gasteiger partial charge >= 0.3 is 0 Å². The van der Waals surface area contributed by atoms with Gasteiger partial charge in [-0.05, 0) is 13.1 Å². The molecular weight excluding hydrogens is 228 g/mol. The lowest BCUT2D eigenvalue weighted by Crippen LogP contribution is -2.44. The number of hydrogen-bond acceptors (Lipinski definition) is 4. The summed E-state index contributed by atoms with van der Waals surface area (Å²) in [5.41, 5.74) is 1.80. The summed E-state index contributed by atoms with van der Waals surface area (Å²) in [5.74, 6) is 0. The van der Waals surface area contributed by atoms with Gasteiger partial charge in [0.2, 0.25) is 5.56 Å². The van der Waals surface area contributed by atoms with E-state index in [1.807, 2.05) is 12.3 Å². The minimum absolute atomic E-state index is 0.0531. The maximum absolute atomic E-state index is 11.7. The standard InChI is InChI=1S/C13H16N4O/c1-16-4-6-17(7-5-16)12-8-13(18)15-11-2-3-14-9-10(11)12/h2-3,8-9H,4-7H2,1H3,(H,15,18). The molecule has 1 aliphatic rings. The van der Waals surface area contributed by atoms with Crippen molar-refractivity contribution in [2.24, 2.45) is 0 Å². The number of rotatable bonds is 1. The number of anilines is 1. The second-order valence-electron chi connectivity index (χ2n) is 4.73. The van der Waals surface area contributed by atoms with E-state index in [4.69, 9.17) is 0 Å². The molecule has 0 unspecified atom stereocenters. The first-order chi connectivity index (χ1) is 8.74. The van der Waals surface area contributed by atoms with Crippen molar-refractivity contribution in [1.29, 1.82) is 0 Å². The molecule has 94 valence electrons. The van der Waals surface area contributed by atoms with Crippen molar-refractivity contribution in [3.8, 4) is 0 Å². The van der Waals surface area contributed by atoms with E-state index in [9.17, 15) is 4.79 Å². The molecule has 0 radical (unpaired) electrons. The summed E-state index contributed by atoms with van der Waals surface area (Å²) in [6.45, 7) is 3.94. The lowest BCUT2D eigenvalue weighted by Gasteiger charge is -2.34. The highest BCUT2D eigenvalue weighted by Crippen LogP contribution is 2.23. The number of aromatic nitrogens is 2. The molecule has 0 amide bonds. The summed E-state index contributed by atoms with van der Waals surface area (Å²) in [6, 6.07) is 3.52. The van der Waals surface area contributed by atoms with Crippen LogP contribution >= 0.6 is 0 Å². The van der Waals surface area contributed by atoms with Crippen LogP contribution in [0.4, 0.5) is 5.69 Å². The van der Waals surface area contributed by atoms with E-state index >= 15 is 0 Å². The fourth-order valence-electron chi connectivity index (χ4n) is 2.39. The first-order valence-electron chi connectivity index (χ1n) is 6.14. The summed E-state index contributed by atoms with van der Waals surface area (Å²) < 4.78 is 0. The maximum atomic E-state index is 11.7. The van der Waals surface area contributed by atoms with Crippen LogP contribution in [0.2, 0.25) is 0 Å². The quantitative estimate of drug-likeness (QED) is 0.801. The molecule has 0 aliphatic carbocycles. The van der Waals surface area contributed by atoms with Crippen LogP contribution in [0.5, 0.6) is 0 Å². The highest BCUT2D eigenvalue weighted by Gasteiger charge is 2.16. The van der Waals surface area contributed by atoms with Gasteiger partial charge in [-0.1, -0.05) is 0 Å². The highest BCUT2D eigenvalue weighted by atomic mass is 16.1. The van der Waals surface area contributed by atoms with Crippen molar-refractivity contribution in [1.82, 2.24) is 14.9 Å². The van der Waals surface area contributed by atoms with Crippen LogP contribution in [0, 0.1) is 0 Å². The summed E-state index contributed by atoms with van der Waals surface area (Å²) in [7, 11) is 2.12. The molecule has 3 rings (SSSR count). The molecule has 1 aliphatic heterocycles. The lowest BCUT2D eigenvalue weighted by molar-refractivity contribution is 0.313. The van der Waals surface area contributed by atoms with E-state index in [1.54, 1.807) is 12.3 Å². The Bertz CT molecular complexity index is 614. The predicted molar refractivity (Wildman–Crippen MR) is 72.1 cm³/mol. The number of hydrogen-bond donors (Lipinski definition) is 1. The number of pyridine rings is 2. The topological polar surface area (TPSA) is 52.2 Å². The third kappa shape index (κ3) is 1.97. The second-order valence-corrected chi connectivity index (χ2v) is 4.73. The number of nitrogens with zero attached hydrogens (tertiary/aromatic N) is 3. The first kappa shape index (κ1) is 11.2. The summed E-state index contributed by atoms with van der Waals surface area (Å²) in [6.07, 6.45) is 3.52. The Kier molecular flexibility index (Phi) is 2.76. The Hall–Kier alpha value is -1.88. The zero-order valence-corrected chi connectivity index (χ0v) is 10.4. The van der Waals surface area contributed by atoms with E-state index in [1.165, 1.54) is 0 Å². The van der Waals surface area contributed by atoms with E-state index in [-0.39, 0.29) is 5.56 Å². The van der Waals surface area contributed by atoms with Crippen molar-refractivity contribution in [3.05, 3.63) is 34.9 Å². The Balaban J connectivity index is 2.08. The van der Waals surface area contributed by atoms with Crippen molar-refractivity contribution in [3.63, 3.8) is 0 Å². The SMILES string of the molecule is CN1CCN(c2cc(=O)[nH]c3ccncc23)CC1. The van der Waals surface area contributed by atoms with Crippen molar-refractivity contribution in [2.75, 3.05) is 38.1 Å². The molecule has 2 aromatic rings. The molecule has 0 atom stereocenters. The molecule has 3 heterocycles. The summed E-state index contributed by atoms with van der Waals surface area (Å²) in [4.78, 5) is 23.3. The van der Waals surface area contributed by atoms with E-state index in [2.05, 4.69) is 26.8 Å². The van der Waals surface area contributed by atoms with Crippen LogP contribution in [-0.2, 0) is 0 Å². The average molecular weight is 244 g/mol. The van der Waals surface area contributed by atoms with Gasteiger partial charge in [0.05, 0.1) is 11.2 Å². The highest BCUT2D eigenvalue weighted by molar-refractivity contribution is 5.90. The maximum Gasteiger partial charge on any atom is 0.250 e. The average Bonchev–Trinajstić information content (AvgIpc) is 2.38. The van der Waals surface area contributed by atoms with Gasteiger partial charge in [0, 0.05) is 50.0 Å². The molecule has 1 fully saturated rings. The lowest BCUT2D eigenvalue weighted by atomic mass is 10.2. The number of aromatic amines is 1. The Morgan fingerprint density at radius 2 is 2.06 bits per heavy atom. The fourth-order valence-corrected chi connectivity index (χ4v) is 2.39. The number of H-pyrrole nitrogens is 1. The fraction of sp³-hybridized carbons (Fsp3) is 0.385. The molecule has 0 bridgehead atoms. The summed E-state index contributed by atoms with van der Waals surface area (Å²) >= 11 is 0.